The van der Waals surface area contributed by atoms with E-state index in [0.29, 0.717) is 11.1 Å². The predicted octanol–water partition coefficient (Wildman–Crippen LogP) is 1.41. The first-order chi connectivity index (χ1) is 10.3. The molecule has 0 radical (unpaired) electrons. The SMILES string of the molecule is O=C(O)C#Cc1ccc(C(O)C(CF)NC(=O)C(Cl)Cl)cc1. The molecule has 1 amide bonds. The number of benzene rings is 1. The second-order valence-electron chi connectivity index (χ2n) is 4.19. The molecule has 1 aromatic rings. The molecule has 0 saturated carbocycles. The zero-order valence-electron chi connectivity index (χ0n) is 11.1. The Morgan fingerprint density at radius 2 is 1.86 bits per heavy atom. The van der Waals surface area contributed by atoms with Crippen molar-refractivity contribution in [3.05, 3.63) is 35.4 Å². The van der Waals surface area contributed by atoms with E-state index in [0.717, 1.165) is 0 Å². The third kappa shape index (κ3) is 5.53. The lowest BCUT2D eigenvalue weighted by molar-refractivity contribution is -0.130. The van der Waals surface area contributed by atoms with E-state index in [1.165, 1.54) is 24.3 Å². The van der Waals surface area contributed by atoms with Crippen LogP contribution in [-0.4, -0.2) is 39.6 Å². The van der Waals surface area contributed by atoms with Gasteiger partial charge in [0.2, 0.25) is 0 Å². The van der Waals surface area contributed by atoms with Crippen molar-refractivity contribution in [3.63, 3.8) is 0 Å². The van der Waals surface area contributed by atoms with Crippen molar-refractivity contribution >= 4 is 35.1 Å². The molecule has 0 aromatic heterocycles. The summed E-state index contributed by atoms with van der Waals surface area (Å²) >= 11 is 10.7. The normalized spacial score (nSPS) is 13.0. The van der Waals surface area contributed by atoms with Gasteiger partial charge in [0, 0.05) is 11.5 Å². The number of alkyl halides is 3. The summed E-state index contributed by atoms with van der Waals surface area (Å²) in [6.45, 7) is -1.02. The van der Waals surface area contributed by atoms with Gasteiger partial charge < -0.3 is 15.5 Å². The van der Waals surface area contributed by atoms with Gasteiger partial charge in [-0.05, 0) is 17.7 Å². The van der Waals surface area contributed by atoms with E-state index in [1.54, 1.807) is 0 Å². The molecule has 0 saturated heterocycles. The number of carboxylic acids is 1. The Morgan fingerprint density at radius 3 is 2.32 bits per heavy atom. The lowest BCUT2D eigenvalue weighted by Gasteiger charge is -2.22. The van der Waals surface area contributed by atoms with Crippen LogP contribution in [0.15, 0.2) is 24.3 Å². The van der Waals surface area contributed by atoms with Crippen molar-refractivity contribution in [1.29, 1.82) is 0 Å². The molecule has 0 bridgehead atoms. The zero-order valence-corrected chi connectivity index (χ0v) is 12.6. The third-order valence-corrected chi connectivity index (χ3v) is 3.04. The fourth-order valence-corrected chi connectivity index (χ4v) is 1.70. The Balaban J connectivity index is 2.83. The molecule has 118 valence electrons. The van der Waals surface area contributed by atoms with Crippen LogP contribution in [0.3, 0.4) is 0 Å². The minimum atomic E-state index is -1.37. The molecule has 0 aliphatic rings. The number of aliphatic hydroxyl groups excluding tert-OH is 1. The number of amides is 1. The second kappa shape index (κ2) is 8.59. The van der Waals surface area contributed by atoms with Crippen molar-refractivity contribution in [2.45, 2.75) is 17.0 Å². The van der Waals surface area contributed by atoms with Gasteiger partial charge in [-0.2, -0.15) is 0 Å². The van der Waals surface area contributed by atoms with Crippen LogP contribution >= 0.6 is 23.2 Å². The highest BCUT2D eigenvalue weighted by atomic mass is 35.5. The fraction of sp³-hybridized carbons (Fsp3) is 0.286. The Bertz CT molecular complexity index is 595. The number of hydrogen-bond acceptors (Lipinski definition) is 3. The van der Waals surface area contributed by atoms with Crippen molar-refractivity contribution < 1.29 is 24.2 Å². The van der Waals surface area contributed by atoms with E-state index >= 15 is 0 Å². The molecule has 1 aromatic carbocycles. The number of halogens is 3. The molecule has 22 heavy (non-hydrogen) atoms. The molecular formula is C14H12Cl2FNO4. The monoisotopic (exact) mass is 347 g/mol. The summed E-state index contributed by atoms with van der Waals surface area (Å²) in [6, 6.07) is 4.63. The van der Waals surface area contributed by atoms with Gasteiger partial charge in [-0.15, -0.1) is 0 Å². The number of rotatable bonds is 5. The van der Waals surface area contributed by atoms with E-state index in [4.69, 9.17) is 28.3 Å². The average Bonchev–Trinajstić information content (AvgIpc) is 2.50. The Labute approximate surface area is 136 Å². The summed E-state index contributed by atoms with van der Waals surface area (Å²) in [6.07, 6.45) is -1.32. The van der Waals surface area contributed by atoms with Crippen LogP contribution in [0, 0.1) is 11.8 Å². The van der Waals surface area contributed by atoms with E-state index in [1.807, 2.05) is 5.92 Å². The number of aliphatic hydroxyl groups is 1. The van der Waals surface area contributed by atoms with Gasteiger partial charge in [-0.1, -0.05) is 41.3 Å². The second-order valence-corrected chi connectivity index (χ2v) is 5.29. The number of hydrogen-bond donors (Lipinski definition) is 3. The average molecular weight is 348 g/mol. The summed E-state index contributed by atoms with van der Waals surface area (Å²) in [5.41, 5.74) is 0.741. The molecule has 0 spiro atoms. The molecule has 2 unspecified atom stereocenters. The van der Waals surface area contributed by atoms with Crippen LogP contribution in [0.5, 0.6) is 0 Å². The number of aliphatic carboxylic acids is 1. The predicted molar refractivity (Wildman–Crippen MR) is 79.3 cm³/mol. The topological polar surface area (TPSA) is 86.6 Å². The summed E-state index contributed by atoms with van der Waals surface area (Å²) in [4.78, 5) is 20.3. The first-order valence-electron chi connectivity index (χ1n) is 6.02. The van der Waals surface area contributed by atoms with Crippen LogP contribution in [0.25, 0.3) is 0 Å². The number of nitrogens with one attached hydrogen (secondary N) is 1. The summed E-state index contributed by atoms with van der Waals surface area (Å²) in [5, 5.41) is 20.7. The number of carbonyl (C=O) groups excluding carboxylic acids is 1. The minimum Gasteiger partial charge on any atom is -0.472 e. The van der Waals surface area contributed by atoms with Crippen molar-refractivity contribution in [2.24, 2.45) is 0 Å². The van der Waals surface area contributed by atoms with Gasteiger partial charge in [-0.3, -0.25) is 4.79 Å². The maximum Gasteiger partial charge on any atom is 0.382 e. The van der Waals surface area contributed by atoms with Gasteiger partial charge >= 0.3 is 5.97 Å². The summed E-state index contributed by atoms with van der Waals surface area (Å²) in [7, 11) is 0. The molecule has 0 heterocycles. The van der Waals surface area contributed by atoms with Gasteiger partial charge in [-0.25, -0.2) is 9.18 Å². The van der Waals surface area contributed by atoms with Crippen LogP contribution in [0.4, 0.5) is 4.39 Å². The maximum absolute atomic E-state index is 13.0. The van der Waals surface area contributed by atoms with Gasteiger partial charge in [0.05, 0.1) is 6.04 Å². The van der Waals surface area contributed by atoms with Gasteiger partial charge in [0.1, 0.15) is 12.8 Å². The lowest BCUT2D eigenvalue weighted by atomic mass is 10.0. The van der Waals surface area contributed by atoms with Crippen LogP contribution < -0.4 is 5.32 Å². The highest BCUT2D eigenvalue weighted by molar-refractivity contribution is 6.53. The van der Waals surface area contributed by atoms with Crippen molar-refractivity contribution in [1.82, 2.24) is 5.32 Å². The first-order valence-corrected chi connectivity index (χ1v) is 6.90. The van der Waals surface area contributed by atoms with E-state index in [2.05, 4.69) is 11.2 Å². The minimum absolute atomic E-state index is 0.324. The smallest absolute Gasteiger partial charge is 0.382 e. The maximum atomic E-state index is 13.0. The molecule has 8 heteroatoms. The Hall–Kier alpha value is -1.81. The highest BCUT2D eigenvalue weighted by Gasteiger charge is 2.25. The third-order valence-electron chi connectivity index (χ3n) is 2.64. The fourth-order valence-electron chi connectivity index (χ4n) is 1.57. The molecule has 0 fully saturated rings. The van der Waals surface area contributed by atoms with E-state index in [-0.39, 0.29) is 0 Å². The molecule has 0 aliphatic carbocycles. The van der Waals surface area contributed by atoms with E-state index < -0.39 is 35.5 Å². The number of carbonyl (C=O) groups is 2. The highest BCUT2D eigenvalue weighted by Crippen LogP contribution is 2.18. The van der Waals surface area contributed by atoms with Gasteiger partial charge in [0.15, 0.2) is 4.84 Å². The molecule has 5 nitrogen and oxygen atoms in total. The van der Waals surface area contributed by atoms with Gasteiger partial charge in [0.25, 0.3) is 5.91 Å². The Morgan fingerprint density at radius 1 is 1.27 bits per heavy atom. The van der Waals surface area contributed by atoms with Crippen LogP contribution in [-0.2, 0) is 9.59 Å². The molecule has 2 atom stereocenters. The van der Waals surface area contributed by atoms with Crippen LogP contribution in [0.2, 0.25) is 0 Å². The summed E-state index contributed by atoms with van der Waals surface area (Å²) < 4.78 is 13.0. The van der Waals surface area contributed by atoms with Crippen molar-refractivity contribution in [3.8, 4) is 11.8 Å². The largest absolute Gasteiger partial charge is 0.472 e. The molecular weight excluding hydrogens is 336 g/mol. The quantitative estimate of drug-likeness (QED) is 0.555. The lowest BCUT2D eigenvalue weighted by Crippen LogP contribution is -2.43. The summed E-state index contributed by atoms with van der Waals surface area (Å²) in [5.74, 6) is 2.26. The number of carboxylic acid groups (broad SMARTS) is 1. The molecule has 1 rings (SSSR count). The first kappa shape index (κ1) is 18.2. The van der Waals surface area contributed by atoms with Crippen molar-refractivity contribution in [2.75, 3.05) is 6.67 Å². The molecule has 3 N–H and O–H groups in total. The Kier molecular flexibility index (Phi) is 7.12. The van der Waals surface area contributed by atoms with Crippen LogP contribution in [0.1, 0.15) is 17.2 Å². The standard InChI is InChI=1S/C14H12Cl2FNO4/c15-13(16)14(22)18-10(7-17)12(21)9-4-1-8(2-5-9)3-6-11(19)20/h1-2,4-5,10,12-13,21H,7H2,(H,18,22)(H,19,20). The van der Waals surface area contributed by atoms with E-state index in [9.17, 15) is 19.1 Å². The zero-order chi connectivity index (χ0) is 16.7. The molecule has 0 aliphatic heterocycles.